The van der Waals surface area contributed by atoms with Crippen LogP contribution in [0.3, 0.4) is 0 Å². The Bertz CT molecular complexity index is 149. The molecule has 1 nitrogen and oxygen atoms in total. The summed E-state index contributed by atoms with van der Waals surface area (Å²) in [5.41, 5.74) is 0. The summed E-state index contributed by atoms with van der Waals surface area (Å²) in [6.45, 7) is 5.54. The first kappa shape index (κ1) is 20.4. The fraction of sp³-hybridized carbons (Fsp3) is 0.923. The first-order valence-electron chi connectivity index (χ1n) is 6.71. The summed E-state index contributed by atoms with van der Waals surface area (Å²) in [4.78, 5) is 0. The average molecular weight is 474 g/mol. The summed E-state index contributed by atoms with van der Waals surface area (Å²) < 4.78 is 0.994. The van der Waals surface area contributed by atoms with Crippen molar-refractivity contribution in [3.05, 3.63) is 0 Å². The second-order valence-corrected chi connectivity index (χ2v) is 5.96. The van der Waals surface area contributed by atoms with Crippen molar-refractivity contribution in [1.82, 2.24) is 5.32 Å². The van der Waals surface area contributed by atoms with Crippen molar-refractivity contribution in [2.75, 3.05) is 12.3 Å². The Morgan fingerprint density at radius 2 is 1.53 bits per heavy atom. The van der Waals surface area contributed by atoms with Gasteiger partial charge in [0.05, 0.1) is 0 Å². The standard InChI is InChI=1S/C13H27NS2.Bi.3H/c1-3-5-7-9-11-14-13(15)16-12-10-8-6-4-2;;;;/h3-12H2,1-2H3,(H,14,15);;;;. The van der Waals surface area contributed by atoms with E-state index >= 15 is 0 Å². The molecule has 4 heteroatoms. The molecule has 0 unspecified atom stereocenters. The molecule has 0 aliphatic heterocycles. The molecule has 0 heterocycles. The third kappa shape index (κ3) is 17.1. The molecule has 0 rings (SSSR count). The van der Waals surface area contributed by atoms with Crippen molar-refractivity contribution in [2.45, 2.75) is 65.2 Å². The molecule has 0 aromatic rings. The van der Waals surface area contributed by atoms with E-state index in [-0.39, 0.29) is 26.2 Å². The molecule has 0 aromatic carbocycles. The molecular formula is C13H30BiNS2. The van der Waals surface area contributed by atoms with Gasteiger partial charge in [-0.05, 0) is 12.8 Å². The summed E-state index contributed by atoms with van der Waals surface area (Å²) in [6, 6.07) is 0. The van der Waals surface area contributed by atoms with Crippen molar-refractivity contribution < 1.29 is 0 Å². The van der Waals surface area contributed by atoms with E-state index in [2.05, 4.69) is 19.2 Å². The van der Waals surface area contributed by atoms with E-state index in [0.29, 0.717) is 0 Å². The van der Waals surface area contributed by atoms with E-state index in [1.54, 1.807) is 0 Å². The third-order valence-corrected chi connectivity index (χ3v) is 3.93. The number of unbranched alkanes of at least 4 members (excludes halogenated alkanes) is 6. The van der Waals surface area contributed by atoms with Crippen molar-refractivity contribution >= 4 is 54.5 Å². The molecule has 0 aromatic heterocycles. The van der Waals surface area contributed by atoms with Gasteiger partial charge in [0.25, 0.3) is 0 Å². The Hall–Kier alpha value is 1.12. The van der Waals surface area contributed by atoms with Crippen LogP contribution < -0.4 is 5.32 Å². The van der Waals surface area contributed by atoms with Crippen LogP contribution in [0.4, 0.5) is 0 Å². The van der Waals surface area contributed by atoms with Gasteiger partial charge in [0.15, 0.2) is 0 Å². The average Bonchev–Trinajstić information content (AvgIpc) is 2.28. The predicted molar refractivity (Wildman–Crippen MR) is 91.3 cm³/mol. The summed E-state index contributed by atoms with van der Waals surface area (Å²) in [5.74, 6) is 1.18. The molecular weight excluding hydrogens is 443 g/mol. The van der Waals surface area contributed by atoms with Crippen LogP contribution in [0.2, 0.25) is 0 Å². The van der Waals surface area contributed by atoms with Gasteiger partial charge in [-0.15, -0.1) is 0 Å². The van der Waals surface area contributed by atoms with Gasteiger partial charge in [0.2, 0.25) is 0 Å². The molecule has 17 heavy (non-hydrogen) atoms. The van der Waals surface area contributed by atoms with E-state index in [4.69, 9.17) is 12.2 Å². The molecule has 0 spiro atoms. The molecule has 0 fully saturated rings. The summed E-state index contributed by atoms with van der Waals surface area (Å²) in [7, 11) is 0. The Labute approximate surface area is 136 Å². The van der Waals surface area contributed by atoms with E-state index in [1.165, 1.54) is 57.1 Å². The van der Waals surface area contributed by atoms with E-state index in [1.807, 2.05) is 11.8 Å². The normalized spacial score (nSPS) is 9.76. The SMILES string of the molecule is CCCCCCNC(=S)SCCCCCC.[BiH3]. The molecule has 0 atom stereocenters. The second-order valence-electron chi connectivity index (χ2n) is 4.18. The maximum absolute atomic E-state index is 5.26. The third-order valence-electron chi connectivity index (χ3n) is 2.53. The molecule has 0 aliphatic carbocycles. The molecule has 0 amide bonds. The minimum atomic E-state index is 0. The van der Waals surface area contributed by atoms with Crippen LogP contribution in [0.1, 0.15) is 65.2 Å². The van der Waals surface area contributed by atoms with Gasteiger partial charge in [-0.25, -0.2) is 0 Å². The topological polar surface area (TPSA) is 12.0 Å². The van der Waals surface area contributed by atoms with Crippen LogP contribution in [0, 0.1) is 0 Å². The Morgan fingerprint density at radius 1 is 0.941 bits per heavy atom. The van der Waals surface area contributed by atoms with Gasteiger partial charge >= 0.3 is 26.2 Å². The van der Waals surface area contributed by atoms with Crippen LogP contribution in [0.25, 0.3) is 0 Å². The predicted octanol–water partition coefficient (Wildman–Crippen LogP) is 3.57. The molecule has 0 bridgehead atoms. The van der Waals surface area contributed by atoms with E-state index in [0.717, 1.165) is 10.9 Å². The Balaban J connectivity index is 0. The monoisotopic (exact) mass is 473 g/mol. The second kappa shape index (κ2) is 17.1. The molecule has 0 saturated heterocycles. The first-order chi connectivity index (χ1) is 7.81. The zero-order chi connectivity index (χ0) is 12.1. The van der Waals surface area contributed by atoms with Crippen molar-refractivity contribution in [2.24, 2.45) is 0 Å². The van der Waals surface area contributed by atoms with Crippen LogP contribution in [0.5, 0.6) is 0 Å². The van der Waals surface area contributed by atoms with Crippen LogP contribution in [-0.2, 0) is 0 Å². The van der Waals surface area contributed by atoms with Crippen molar-refractivity contribution in [3.63, 3.8) is 0 Å². The fourth-order valence-electron chi connectivity index (χ4n) is 1.49. The van der Waals surface area contributed by atoms with Gasteiger partial charge < -0.3 is 5.32 Å². The number of thioether (sulfide) groups is 1. The number of hydrogen-bond donors (Lipinski definition) is 1. The van der Waals surface area contributed by atoms with Crippen molar-refractivity contribution in [1.29, 1.82) is 0 Å². The molecule has 104 valence electrons. The van der Waals surface area contributed by atoms with Crippen LogP contribution >= 0.6 is 24.0 Å². The molecule has 1 N–H and O–H groups in total. The quantitative estimate of drug-likeness (QED) is 0.296. The molecule has 0 saturated carbocycles. The van der Waals surface area contributed by atoms with Crippen LogP contribution in [0.15, 0.2) is 0 Å². The number of thiocarbonyl (C=S) groups is 1. The van der Waals surface area contributed by atoms with E-state index < -0.39 is 0 Å². The van der Waals surface area contributed by atoms with Gasteiger partial charge in [-0.1, -0.05) is 76.4 Å². The van der Waals surface area contributed by atoms with Crippen LogP contribution in [-0.4, -0.2) is 42.8 Å². The Morgan fingerprint density at radius 3 is 2.12 bits per heavy atom. The number of hydrogen-bond acceptors (Lipinski definition) is 2. The first-order valence-corrected chi connectivity index (χ1v) is 8.11. The van der Waals surface area contributed by atoms with Gasteiger partial charge in [-0.2, -0.15) is 0 Å². The minimum absolute atomic E-state index is 0. The maximum atomic E-state index is 5.26. The Kier molecular flexibility index (Phi) is 20.6. The zero-order valence-electron chi connectivity index (χ0n) is 11.6. The zero-order valence-corrected chi connectivity index (χ0v) is 18.7. The van der Waals surface area contributed by atoms with Gasteiger partial charge in [0.1, 0.15) is 4.32 Å². The van der Waals surface area contributed by atoms with E-state index in [9.17, 15) is 0 Å². The van der Waals surface area contributed by atoms with Gasteiger partial charge in [-0.3, -0.25) is 0 Å². The fourth-order valence-corrected chi connectivity index (χ4v) is 2.58. The van der Waals surface area contributed by atoms with Gasteiger partial charge in [0, 0.05) is 12.3 Å². The molecule has 0 radical (unpaired) electrons. The summed E-state index contributed by atoms with van der Waals surface area (Å²) in [6.07, 6.45) is 10.5. The summed E-state index contributed by atoms with van der Waals surface area (Å²) >= 11 is 7.07. The number of rotatable bonds is 10. The summed E-state index contributed by atoms with van der Waals surface area (Å²) in [5, 5.41) is 3.33. The number of nitrogens with one attached hydrogen (secondary N) is 1. The van der Waals surface area contributed by atoms with Crippen molar-refractivity contribution in [3.8, 4) is 0 Å². The molecule has 0 aliphatic rings.